The molecule has 0 bridgehead atoms. The zero-order valence-electron chi connectivity index (χ0n) is 11.0. The molecule has 0 aliphatic carbocycles. The van der Waals surface area contributed by atoms with Crippen molar-refractivity contribution >= 4 is 49.5 Å². The summed E-state index contributed by atoms with van der Waals surface area (Å²) in [5, 5.41) is 1.05. The Morgan fingerprint density at radius 3 is 2.73 bits per heavy atom. The lowest BCUT2D eigenvalue weighted by Gasteiger charge is -2.05. The van der Waals surface area contributed by atoms with Crippen molar-refractivity contribution in [3.63, 3.8) is 0 Å². The SMILES string of the molecule is O=C(NS(=O)(=O)C=Cc1cccnc1)c1ccc(Br)cc1Cl. The second kappa shape index (κ2) is 7.04. The van der Waals surface area contributed by atoms with E-state index in [-0.39, 0.29) is 10.6 Å². The van der Waals surface area contributed by atoms with Crippen molar-refractivity contribution in [2.75, 3.05) is 0 Å². The number of nitrogens with zero attached hydrogens (tertiary/aromatic N) is 1. The van der Waals surface area contributed by atoms with Crippen LogP contribution in [0.1, 0.15) is 15.9 Å². The molecule has 114 valence electrons. The highest BCUT2D eigenvalue weighted by atomic mass is 79.9. The maximum Gasteiger partial charge on any atom is 0.266 e. The lowest BCUT2D eigenvalue weighted by Crippen LogP contribution is -2.29. The Balaban J connectivity index is 2.14. The lowest BCUT2D eigenvalue weighted by molar-refractivity contribution is 0.0982. The number of rotatable bonds is 4. The first-order chi connectivity index (χ1) is 10.4. The molecule has 0 atom stereocenters. The molecule has 0 unspecified atom stereocenters. The summed E-state index contributed by atoms with van der Waals surface area (Å²) in [5.41, 5.74) is 0.671. The smallest absolute Gasteiger partial charge is 0.266 e. The van der Waals surface area contributed by atoms with E-state index in [4.69, 9.17) is 11.6 Å². The maximum atomic E-state index is 12.0. The highest BCUT2D eigenvalue weighted by Crippen LogP contribution is 2.21. The summed E-state index contributed by atoms with van der Waals surface area (Å²) in [6.45, 7) is 0. The Bertz CT molecular complexity index is 823. The van der Waals surface area contributed by atoms with E-state index in [0.717, 1.165) is 5.41 Å². The summed E-state index contributed by atoms with van der Waals surface area (Å²) in [6.07, 6.45) is 4.41. The van der Waals surface area contributed by atoms with Gasteiger partial charge in [0.15, 0.2) is 0 Å². The summed E-state index contributed by atoms with van der Waals surface area (Å²) in [6, 6.07) is 7.90. The molecular weight excluding hydrogens is 392 g/mol. The number of sulfonamides is 1. The second-order valence-electron chi connectivity index (χ2n) is 4.19. The van der Waals surface area contributed by atoms with E-state index >= 15 is 0 Å². The van der Waals surface area contributed by atoms with Crippen molar-refractivity contribution in [3.8, 4) is 0 Å². The van der Waals surface area contributed by atoms with Gasteiger partial charge in [0.2, 0.25) is 0 Å². The van der Waals surface area contributed by atoms with Gasteiger partial charge < -0.3 is 0 Å². The molecule has 0 spiro atoms. The Morgan fingerprint density at radius 1 is 1.32 bits per heavy atom. The van der Waals surface area contributed by atoms with Gasteiger partial charge in [0.25, 0.3) is 15.9 Å². The number of halogens is 2. The maximum absolute atomic E-state index is 12.0. The van der Waals surface area contributed by atoms with Crippen molar-refractivity contribution in [2.24, 2.45) is 0 Å². The Labute approximate surface area is 141 Å². The van der Waals surface area contributed by atoms with E-state index in [0.29, 0.717) is 10.0 Å². The molecule has 2 aromatic rings. The predicted molar refractivity (Wildman–Crippen MR) is 88.8 cm³/mol. The van der Waals surface area contributed by atoms with Crippen LogP contribution in [0.5, 0.6) is 0 Å². The molecular formula is C14H10BrClN2O3S. The van der Waals surface area contributed by atoms with E-state index in [2.05, 4.69) is 20.9 Å². The number of hydrogen-bond acceptors (Lipinski definition) is 4. The van der Waals surface area contributed by atoms with Crippen LogP contribution in [0.4, 0.5) is 0 Å². The van der Waals surface area contributed by atoms with Gasteiger partial charge in [0.1, 0.15) is 0 Å². The molecule has 0 aliphatic heterocycles. The first-order valence-electron chi connectivity index (χ1n) is 5.98. The first-order valence-corrected chi connectivity index (χ1v) is 8.69. The van der Waals surface area contributed by atoms with Gasteiger partial charge >= 0.3 is 0 Å². The lowest BCUT2D eigenvalue weighted by atomic mass is 10.2. The van der Waals surface area contributed by atoms with Crippen molar-refractivity contribution in [1.29, 1.82) is 0 Å². The standard InChI is InChI=1S/C14H10BrClN2O3S/c15-11-3-4-12(13(16)8-11)14(19)18-22(20,21)7-5-10-2-1-6-17-9-10/h1-9H,(H,18,19). The van der Waals surface area contributed by atoms with Gasteiger partial charge in [0.05, 0.1) is 16.0 Å². The molecule has 1 amide bonds. The second-order valence-corrected chi connectivity index (χ2v) is 7.08. The fraction of sp³-hybridized carbons (Fsp3) is 0. The third kappa shape index (κ3) is 4.66. The fourth-order valence-corrected chi connectivity index (χ4v) is 3.07. The number of nitrogens with one attached hydrogen (secondary N) is 1. The van der Waals surface area contributed by atoms with Gasteiger partial charge in [-0.2, -0.15) is 0 Å². The summed E-state index contributed by atoms with van der Waals surface area (Å²) in [7, 11) is -3.93. The molecule has 1 aromatic carbocycles. The monoisotopic (exact) mass is 400 g/mol. The largest absolute Gasteiger partial charge is 0.268 e. The van der Waals surface area contributed by atoms with E-state index < -0.39 is 15.9 Å². The van der Waals surface area contributed by atoms with Crippen LogP contribution in [0.25, 0.3) is 6.08 Å². The van der Waals surface area contributed by atoms with Crippen LogP contribution in [0.2, 0.25) is 5.02 Å². The third-order valence-electron chi connectivity index (χ3n) is 2.53. The Morgan fingerprint density at radius 2 is 2.09 bits per heavy atom. The number of carbonyl (C=O) groups excluding carboxylic acids is 1. The van der Waals surface area contributed by atoms with Crippen molar-refractivity contribution in [2.45, 2.75) is 0 Å². The minimum atomic E-state index is -3.93. The summed E-state index contributed by atoms with van der Waals surface area (Å²) in [4.78, 5) is 15.8. The molecule has 2 rings (SSSR count). The third-order valence-corrected chi connectivity index (χ3v) is 4.31. The van der Waals surface area contributed by atoms with Crippen LogP contribution in [-0.2, 0) is 10.0 Å². The summed E-state index contributed by atoms with van der Waals surface area (Å²) >= 11 is 9.12. The van der Waals surface area contributed by atoms with Crippen LogP contribution in [0.15, 0.2) is 52.6 Å². The highest BCUT2D eigenvalue weighted by Gasteiger charge is 2.16. The van der Waals surface area contributed by atoms with Gasteiger partial charge in [-0.25, -0.2) is 13.1 Å². The van der Waals surface area contributed by atoms with Crippen LogP contribution in [0.3, 0.4) is 0 Å². The van der Waals surface area contributed by atoms with Gasteiger partial charge in [-0.3, -0.25) is 9.78 Å². The average Bonchev–Trinajstić information content (AvgIpc) is 2.45. The zero-order chi connectivity index (χ0) is 16.2. The number of benzene rings is 1. The quantitative estimate of drug-likeness (QED) is 0.853. The normalized spacial score (nSPS) is 11.5. The Hall–Kier alpha value is -1.70. The number of hydrogen-bond donors (Lipinski definition) is 1. The van der Waals surface area contributed by atoms with E-state index in [1.165, 1.54) is 24.4 Å². The predicted octanol–water partition coefficient (Wildman–Crippen LogP) is 3.23. The number of amides is 1. The van der Waals surface area contributed by atoms with Gasteiger partial charge in [-0.05, 0) is 35.9 Å². The van der Waals surface area contributed by atoms with E-state index in [1.807, 2.05) is 4.72 Å². The fourth-order valence-electron chi connectivity index (χ4n) is 1.53. The first kappa shape index (κ1) is 16.7. The molecule has 8 heteroatoms. The molecule has 0 radical (unpaired) electrons. The number of pyridine rings is 1. The molecule has 1 aromatic heterocycles. The van der Waals surface area contributed by atoms with Gasteiger partial charge in [0, 0.05) is 16.9 Å². The molecule has 22 heavy (non-hydrogen) atoms. The molecule has 0 saturated carbocycles. The van der Waals surface area contributed by atoms with Crippen molar-refractivity contribution in [3.05, 3.63) is 68.8 Å². The van der Waals surface area contributed by atoms with E-state index in [9.17, 15) is 13.2 Å². The molecule has 1 heterocycles. The number of carbonyl (C=O) groups is 1. The molecule has 0 fully saturated rings. The van der Waals surface area contributed by atoms with E-state index in [1.54, 1.807) is 24.4 Å². The van der Waals surface area contributed by atoms with Crippen LogP contribution >= 0.6 is 27.5 Å². The summed E-state index contributed by atoms with van der Waals surface area (Å²) < 4.78 is 26.4. The van der Waals surface area contributed by atoms with Gasteiger partial charge in [-0.15, -0.1) is 0 Å². The minimum absolute atomic E-state index is 0.0724. The molecule has 0 saturated heterocycles. The molecule has 5 nitrogen and oxygen atoms in total. The van der Waals surface area contributed by atoms with Crippen molar-refractivity contribution < 1.29 is 13.2 Å². The molecule has 0 aliphatic rings. The van der Waals surface area contributed by atoms with Crippen molar-refractivity contribution in [1.82, 2.24) is 9.71 Å². The minimum Gasteiger partial charge on any atom is -0.268 e. The molecule has 1 N–H and O–H groups in total. The topological polar surface area (TPSA) is 76.1 Å². The number of aromatic nitrogens is 1. The van der Waals surface area contributed by atoms with Crippen LogP contribution < -0.4 is 4.72 Å². The zero-order valence-corrected chi connectivity index (χ0v) is 14.2. The van der Waals surface area contributed by atoms with Gasteiger partial charge in [-0.1, -0.05) is 33.6 Å². The highest BCUT2D eigenvalue weighted by molar-refractivity contribution is 9.10. The van der Waals surface area contributed by atoms with Crippen LogP contribution in [0, 0.1) is 0 Å². The average molecular weight is 402 g/mol. The van der Waals surface area contributed by atoms with Crippen LogP contribution in [-0.4, -0.2) is 19.3 Å². The summed E-state index contributed by atoms with van der Waals surface area (Å²) in [5.74, 6) is -0.798. The Kier molecular flexibility index (Phi) is 5.33.